The molecule has 2 aliphatic heterocycles. The van der Waals surface area contributed by atoms with Crippen LogP contribution in [0.15, 0.2) is 24.6 Å². The highest BCUT2D eigenvalue weighted by Gasteiger charge is 2.31. The number of nitrogens with one attached hydrogen (secondary N) is 1. The predicted octanol–water partition coefficient (Wildman–Crippen LogP) is 1.91. The first-order valence-corrected chi connectivity index (χ1v) is 10.2. The highest BCUT2D eigenvalue weighted by Crippen LogP contribution is 2.35. The van der Waals surface area contributed by atoms with Crippen molar-refractivity contribution in [3.63, 3.8) is 0 Å². The van der Waals surface area contributed by atoms with E-state index in [1.807, 2.05) is 0 Å². The molecular formula is C20H25F2N7O2. The Bertz CT molecular complexity index is 965. The van der Waals surface area contributed by atoms with Crippen molar-refractivity contribution >= 4 is 17.3 Å². The number of tetrazole rings is 1. The van der Waals surface area contributed by atoms with Gasteiger partial charge in [-0.2, -0.15) is 4.80 Å². The number of nitrogens with zero attached hydrogens (tertiary/aromatic N) is 6. The normalized spacial score (nSPS) is 19.6. The van der Waals surface area contributed by atoms with Crippen LogP contribution in [0, 0.1) is 18.6 Å². The summed E-state index contributed by atoms with van der Waals surface area (Å²) >= 11 is 0. The van der Waals surface area contributed by atoms with Gasteiger partial charge in [0.15, 0.2) is 23.3 Å². The molecule has 9 nitrogen and oxygen atoms in total. The Kier molecular flexibility index (Phi) is 5.75. The zero-order valence-corrected chi connectivity index (χ0v) is 17.5. The molecule has 4 rings (SSSR count). The second-order valence-corrected chi connectivity index (χ2v) is 7.81. The summed E-state index contributed by atoms with van der Waals surface area (Å²) in [6, 6.07) is 2.65. The van der Waals surface area contributed by atoms with Crippen LogP contribution in [0.3, 0.4) is 0 Å². The predicted molar refractivity (Wildman–Crippen MR) is 109 cm³/mol. The third-order valence-corrected chi connectivity index (χ3v) is 5.52. The fourth-order valence-corrected chi connectivity index (χ4v) is 4.00. The number of anilines is 2. The van der Waals surface area contributed by atoms with Gasteiger partial charge in [0.25, 0.3) is 0 Å². The van der Waals surface area contributed by atoms with Gasteiger partial charge in [0.1, 0.15) is 11.8 Å². The number of hydrogen-bond donors (Lipinski definition) is 1. The number of halogens is 2. The monoisotopic (exact) mass is 433 g/mol. The molecule has 2 saturated heterocycles. The SMILES string of the molecule is C=C1OC(CNC(C)=O)CN1c1cc(F)c(N2CCC(n3nnc(C)n3)CC2)c(F)c1. The fraction of sp³-hybridized carbons (Fsp3) is 0.500. The first-order valence-electron chi connectivity index (χ1n) is 10.2. The third kappa shape index (κ3) is 4.44. The van der Waals surface area contributed by atoms with E-state index in [1.165, 1.54) is 19.1 Å². The molecule has 2 fully saturated rings. The summed E-state index contributed by atoms with van der Waals surface area (Å²) in [5.41, 5.74) is 0.289. The van der Waals surface area contributed by atoms with E-state index >= 15 is 0 Å². The number of benzene rings is 1. The third-order valence-electron chi connectivity index (χ3n) is 5.52. The van der Waals surface area contributed by atoms with Crippen LogP contribution in [0.5, 0.6) is 0 Å². The number of carbonyl (C=O) groups is 1. The average Bonchev–Trinajstić information content (AvgIpc) is 3.32. The van der Waals surface area contributed by atoms with Gasteiger partial charge in [-0.15, -0.1) is 10.2 Å². The Morgan fingerprint density at radius 3 is 2.55 bits per heavy atom. The van der Waals surface area contributed by atoms with Crippen molar-refractivity contribution in [3.8, 4) is 0 Å². The minimum absolute atomic E-state index is 0.0366. The molecule has 0 radical (unpaired) electrons. The maximum atomic E-state index is 15.0. The summed E-state index contributed by atoms with van der Waals surface area (Å²) in [4.78, 5) is 16.0. The van der Waals surface area contributed by atoms with Crippen molar-refractivity contribution in [2.45, 2.75) is 38.8 Å². The van der Waals surface area contributed by atoms with Gasteiger partial charge in [-0.25, -0.2) is 8.78 Å². The lowest BCUT2D eigenvalue weighted by Gasteiger charge is -2.33. The number of amides is 1. The quantitative estimate of drug-likeness (QED) is 0.771. The number of rotatable bonds is 5. The molecule has 1 aromatic heterocycles. The topological polar surface area (TPSA) is 88.4 Å². The molecule has 3 heterocycles. The van der Waals surface area contributed by atoms with E-state index in [1.54, 1.807) is 21.5 Å². The first-order chi connectivity index (χ1) is 14.8. The standard InChI is InChI=1S/C20H25F2N7O2/c1-12-24-26-29(25-12)15-4-6-27(7-5-15)20-18(21)8-16(9-19(20)22)28-11-17(31-14(28)3)10-23-13(2)30/h8-9,15,17H,3-7,10-11H2,1-2H3,(H,23,30). The number of piperidine rings is 1. The van der Waals surface area contributed by atoms with Crippen LogP contribution in [0.2, 0.25) is 0 Å². The number of aromatic nitrogens is 4. The molecule has 1 unspecified atom stereocenters. The molecule has 0 spiro atoms. The molecule has 11 heteroatoms. The van der Waals surface area contributed by atoms with Gasteiger partial charge >= 0.3 is 0 Å². The van der Waals surface area contributed by atoms with Gasteiger partial charge in [0.2, 0.25) is 5.91 Å². The number of ether oxygens (including phenoxy) is 1. The fourth-order valence-electron chi connectivity index (χ4n) is 4.00. The second-order valence-electron chi connectivity index (χ2n) is 7.81. The lowest BCUT2D eigenvalue weighted by Crippen LogP contribution is -2.36. The minimum atomic E-state index is -0.638. The van der Waals surface area contributed by atoms with Crippen molar-refractivity contribution in [3.05, 3.63) is 42.1 Å². The Labute approximate surface area is 178 Å². The van der Waals surface area contributed by atoms with Crippen molar-refractivity contribution in [2.75, 3.05) is 36.0 Å². The highest BCUT2D eigenvalue weighted by molar-refractivity contribution is 5.72. The largest absolute Gasteiger partial charge is 0.472 e. The van der Waals surface area contributed by atoms with Gasteiger partial charge in [-0.05, 0) is 43.7 Å². The van der Waals surface area contributed by atoms with Crippen LogP contribution in [0.25, 0.3) is 0 Å². The van der Waals surface area contributed by atoms with Crippen LogP contribution in [0.4, 0.5) is 20.2 Å². The summed E-state index contributed by atoms with van der Waals surface area (Å²) in [5.74, 6) is -0.560. The molecule has 1 N–H and O–H groups in total. The van der Waals surface area contributed by atoms with E-state index in [-0.39, 0.29) is 23.7 Å². The average molecular weight is 433 g/mol. The molecule has 1 aromatic carbocycles. The van der Waals surface area contributed by atoms with Gasteiger partial charge < -0.3 is 19.9 Å². The van der Waals surface area contributed by atoms with E-state index in [0.29, 0.717) is 56.4 Å². The summed E-state index contributed by atoms with van der Waals surface area (Å²) in [6.45, 7) is 8.60. The number of aryl methyl sites for hydroxylation is 1. The maximum Gasteiger partial charge on any atom is 0.217 e. The summed E-state index contributed by atoms with van der Waals surface area (Å²) in [7, 11) is 0. The number of hydrogen-bond acceptors (Lipinski definition) is 7. The van der Waals surface area contributed by atoms with Crippen LogP contribution >= 0.6 is 0 Å². The highest BCUT2D eigenvalue weighted by atomic mass is 19.1. The summed E-state index contributed by atoms with van der Waals surface area (Å²) < 4.78 is 35.6. The molecular weight excluding hydrogens is 408 g/mol. The zero-order chi connectivity index (χ0) is 22.1. The van der Waals surface area contributed by atoms with Crippen molar-refractivity contribution in [1.82, 2.24) is 25.5 Å². The van der Waals surface area contributed by atoms with E-state index in [2.05, 4.69) is 27.3 Å². The van der Waals surface area contributed by atoms with Gasteiger partial charge in [-0.1, -0.05) is 0 Å². The Morgan fingerprint density at radius 1 is 1.29 bits per heavy atom. The van der Waals surface area contributed by atoms with Crippen LogP contribution < -0.4 is 15.1 Å². The molecule has 0 saturated carbocycles. The molecule has 31 heavy (non-hydrogen) atoms. The minimum Gasteiger partial charge on any atom is -0.472 e. The van der Waals surface area contributed by atoms with Crippen molar-refractivity contribution in [2.24, 2.45) is 0 Å². The molecule has 166 valence electrons. The first kappa shape index (κ1) is 21.0. The van der Waals surface area contributed by atoms with E-state index in [4.69, 9.17) is 4.74 Å². The van der Waals surface area contributed by atoms with E-state index < -0.39 is 11.6 Å². The van der Waals surface area contributed by atoms with Crippen LogP contribution in [-0.2, 0) is 9.53 Å². The Hall–Kier alpha value is -3.24. The molecule has 2 aliphatic rings. The molecule has 1 amide bonds. The van der Waals surface area contributed by atoms with E-state index in [0.717, 1.165) is 0 Å². The Balaban J connectivity index is 1.44. The summed E-state index contributed by atoms with van der Waals surface area (Å²) in [5, 5.41) is 14.8. The van der Waals surface area contributed by atoms with Gasteiger partial charge in [0, 0.05) is 25.7 Å². The van der Waals surface area contributed by atoms with E-state index in [9.17, 15) is 13.6 Å². The van der Waals surface area contributed by atoms with Gasteiger partial charge in [-0.3, -0.25) is 4.79 Å². The van der Waals surface area contributed by atoms with Crippen LogP contribution in [-0.4, -0.2) is 58.4 Å². The lowest BCUT2D eigenvalue weighted by atomic mass is 10.0. The molecule has 2 aromatic rings. The number of carbonyl (C=O) groups excluding carboxylic acids is 1. The van der Waals surface area contributed by atoms with Crippen LogP contribution in [0.1, 0.15) is 31.6 Å². The van der Waals surface area contributed by atoms with Gasteiger partial charge in [0.05, 0.1) is 19.1 Å². The summed E-state index contributed by atoms with van der Waals surface area (Å²) in [6.07, 6.45) is 0.992. The molecule has 0 aliphatic carbocycles. The zero-order valence-electron chi connectivity index (χ0n) is 17.5. The lowest BCUT2D eigenvalue weighted by molar-refractivity contribution is -0.119. The maximum absolute atomic E-state index is 15.0. The van der Waals surface area contributed by atoms with Crippen molar-refractivity contribution < 1.29 is 18.3 Å². The smallest absolute Gasteiger partial charge is 0.217 e. The Morgan fingerprint density at radius 2 is 1.97 bits per heavy atom. The second kappa shape index (κ2) is 8.48. The molecule has 1 atom stereocenters. The molecule has 0 bridgehead atoms. The van der Waals surface area contributed by atoms with Crippen molar-refractivity contribution in [1.29, 1.82) is 0 Å².